The van der Waals surface area contributed by atoms with Crippen LogP contribution in [0.25, 0.3) is 0 Å². The molecule has 154 valence electrons. The average Bonchev–Trinajstić information content (AvgIpc) is 2.63. The Morgan fingerprint density at radius 2 is 0.692 bits per heavy atom. The molecule has 0 aromatic rings. The number of nitrogens with one attached hydrogen (secondary N) is 6. The van der Waals surface area contributed by atoms with Crippen molar-refractivity contribution in [3.05, 3.63) is 0 Å². The lowest BCUT2D eigenvalue weighted by atomic mass is 9.82. The minimum atomic E-state index is 0.301. The van der Waals surface area contributed by atoms with Crippen LogP contribution in [-0.4, -0.2) is 78.5 Å². The van der Waals surface area contributed by atoms with Gasteiger partial charge >= 0.3 is 0 Å². The monoisotopic (exact) mass is 368 g/mol. The zero-order valence-corrected chi connectivity index (χ0v) is 17.3. The first-order chi connectivity index (χ1) is 12.7. The van der Waals surface area contributed by atoms with E-state index in [1.54, 1.807) is 0 Å². The van der Waals surface area contributed by atoms with Gasteiger partial charge in [0.2, 0.25) is 0 Å². The third kappa shape index (κ3) is 7.41. The number of hydrogen-bond acceptors (Lipinski definition) is 6. The van der Waals surface area contributed by atoms with Crippen LogP contribution in [0, 0.1) is 10.8 Å². The van der Waals surface area contributed by atoms with Crippen molar-refractivity contribution in [1.29, 1.82) is 0 Å². The highest BCUT2D eigenvalue weighted by Crippen LogP contribution is 2.23. The Balaban J connectivity index is 2.11. The van der Waals surface area contributed by atoms with E-state index >= 15 is 0 Å². The summed E-state index contributed by atoms with van der Waals surface area (Å²) < 4.78 is 0. The summed E-state index contributed by atoms with van der Waals surface area (Å²) in [6.07, 6.45) is 4.99. The molecule has 0 aliphatic carbocycles. The first-order valence-electron chi connectivity index (χ1n) is 11.0. The molecule has 0 radical (unpaired) electrons. The number of rotatable bonds is 4. The molecule has 2 bridgehead atoms. The number of hydrogen-bond donors (Lipinski definition) is 6. The topological polar surface area (TPSA) is 72.2 Å². The molecule has 0 spiro atoms. The van der Waals surface area contributed by atoms with Crippen molar-refractivity contribution >= 4 is 0 Å². The largest absolute Gasteiger partial charge is 0.315 e. The van der Waals surface area contributed by atoms with Gasteiger partial charge in [-0.15, -0.1) is 0 Å². The molecule has 3 aliphatic heterocycles. The van der Waals surface area contributed by atoms with Crippen LogP contribution in [0.1, 0.15) is 39.5 Å². The van der Waals surface area contributed by atoms with Crippen molar-refractivity contribution in [2.24, 2.45) is 10.8 Å². The van der Waals surface area contributed by atoms with E-state index in [1.165, 1.54) is 25.7 Å². The fraction of sp³-hybridized carbons (Fsp3) is 1.00. The molecule has 6 heteroatoms. The molecule has 3 fully saturated rings. The van der Waals surface area contributed by atoms with Crippen molar-refractivity contribution in [1.82, 2.24) is 31.9 Å². The van der Waals surface area contributed by atoms with Gasteiger partial charge in [0.05, 0.1) is 0 Å². The molecule has 0 saturated carbocycles. The van der Waals surface area contributed by atoms with Gasteiger partial charge in [-0.05, 0) is 12.8 Å². The highest BCUT2D eigenvalue weighted by molar-refractivity contribution is 4.89. The summed E-state index contributed by atoms with van der Waals surface area (Å²) in [5, 5.41) is 22.5. The predicted molar refractivity (Wildman–Crippen MR) is 112 cm³/mol. The van der Waals surface area contributed by atoms with Crippen LogP contribution >= 0.6 is 0 Å². The van der Waals surface area contributed by atoms with Gasteiger partial charge in [-0.3, -0.25) is 0 Å². The minimum Gasteiger partial charge on any atom is -0.315 e. The molecule has 26 heavy (non-hydrogen) atoms. The zero-order chi connectivity index (χ0) is 18.6. The second kappa shape index (κ2) is 12.3. The van der Waals surface area contributed by atoms with E-state index in [4.69, 9.17) is 0 Å². The Morgan fingerprint density at radius 1 is 0.462 bits per heavy atom. The maximum absolute atomic E-state index is 3.75. The quantitative estimate of drug-likeness (QED) is 0.424. The Hall–Kier alpha value is -0.240. The Bertz CT molecular complexity index is 285. The Morgan fingerprint density at radius 3 is 0.885 bits per heavy atom. The fourth-order valence-corrected chi connectivity index (χ4v) is 4.62. The van der Waals surface area contributed by atoms with Crippen LogP contribution in [0.2, 0.25) is 0 Å². The van der Waals surface area contributed by atoms with Gasteiger partial charge in [0.25, 0.3) is 0 Å². The summed E-state index contributed by atoms with van der Waals surface area (Å²) in [6, 6.07) is 0. The second-order valence-electron chi connectivity index (χ2n) is 8.56. The van der Waals surface area contributed by atoms with E-state index in [0.717, 1.165) is 78.5 Å². The lowest BCUT2D eigenvalue weighted by Crippen LogP contribution is -2.54. The second-order valence-corrected chi connectivity index (χ2v) is 8.56. The van der Waals surface area contributed by atoms with E-state index in [0.29, 0.717) is 10.8 Å². The Labute approximate surface area is 161 Å². The first-order valence-corrected chi connectivity index (χ1v) is 11.0. The summed E-state index contributed by atoms with van der Waals surface area (Å²) in [6.45, 7) is 17.4. The van der Waals surface area contributed by atoms with E-state index in [-0.39, 0.29) is 0 Å². The molecule has 3 saturated heterocycles. The van der Waals surface area contributed by atoms with Gasteiger partial charge in [0.15, 0.2) is 0 Å². The summed E-state index contributed by atoms with van der Waals surface area (Å²) in [7, 11) is 0. The SMILES string of the molecule is CCCC12CNCCNCC(CCC)(CNCCNC1)CNCCNC2. The van der Waals surface area contributed by atoms with Gasteiger partial charge < -0.3 is 31.9 Å². The van der Waals surface area contributed by atoms with E-state index in [1.807, 2.05) is 0 Å². The lowest BCUT2D eigenvalue weighted by molar-refractivity contribution is 0.202. The van der Waals surface area contributed by atoms with Crippen LogP contribution in [0.15, 0.2) is 0 Å². The molecule has 3 heterocycles. The fourth-order valence-electron chi connectivity index (χ4n) is 4.62. The maximum atomic E-state index is 3.75. The van der Waals surface area contributed by atoms with E-state index < -0.39 is 0 Å². The van der Waals surface area contributed by atoms with Crippen LogP contribution in [0.5, 0.6) is 0 Å². The highest BCUT2D eigenvalue weighted by Gasteiger charge is 2.30. The van der Waals surface area contributed by atoms with Crippen molar-refractivity contribution in [2.75, 3.05) is 78.5 Å². The van der Waals surface area contributed by atoms with E-state index in [9.17, 15) is 0 Å². The summed E-state index contributed by atoms with van der Waals surface area (Å²) in [5.74, 6) is 0. The molecule has 6 nitrogen and oxygen atoms in total. The molecule has 0 aromatic heterocycles. The summed E-state index contributed by atoms with van der Waals surface area (Å²) in [5.41, 5.74) is 0.601. The van der Waals surface area contributed by atoms with E-state index in [2.05, 4.69) is 45.7 Å². The zero-order valence-electron chi connectivity index (χ0n) is 17.3. The molecule has 3 aliphatic rings. The summed E-state index contributed by atoms with van der Waals surface area (Å²) >= 11 is 0. The molecule has 6 N–H and O–H groups in total. The Kier molecular flexibility index (Phi) is 10.4. The van der Waals surface area contributed by atoms with Gasteiger partial charge in [-0.25, -0.2) is 0 Å². The standard InChI is InChI=1S/C20H44N6/c1-3-5-19-13-21-7-10-24-16-20(6-4-2,17-25-11-8-22-14-19)18-26-12-9-23-15-19/h21-26H,3-18H2,1-2H3. The number of fused-ring (bicyclic) bond motifs is 15. The normalized spacial score (nSPS) is 33.5. The third-order valence-electron chi connectivity index (χ3n) is 6.00. The van der Waals surface area contributed by atoms with Crippen molar-refractivity contribution in [2.45, 2.75) is 39.5 Å². The van der Waals surface area contributed by atoms with Crippen molar-refractivity contribution in [3.63, 3.8) is 0 Å². The molecular formula is C20H44N6. The molecule has 3 rings (SSSR count). The van der Waals surface area contributed by atoms with Gasteiger partial charge in [-0.2, -0.15) is 0 Å². The molecule has 0 aromatic carbocycles. The summed E-state index contributed by atoms with van der Waals surface area (Å²) in [4.78, 5) is 0. The van der Waals surface area contributed by atoms with Crippen LogP contribution in [0.3, 0.4) is 0 Å². The van der Waals surface area contributed by atoms with Gasteiger partial charge in [0.1, 0.15) is 0 Å². The van der Waals surface area contributed by atoms with Crippen LogP contribution in [0.4, 0.5) is 0 Å². The minimum absolute atomic E-state index is 0.301. The average molecular weight is 369 g/mol. The molecular weight excluding hydrogens is 324 g/mol. The van der Waals surface area contributed by atoms with Gasteiger partial charge in [-0.1, -0.05) is 26.7 Å². The molecule has 0 amide bonds. The van der Waals surface area contributed by atoms with Crippen LogP contribution < -0.4 is 31.9 Å². The van der Waals surface area contributed by atoms with Gasteiger partial charge in [0, 0.05) is 89.4 Å². The lowest BCUT2D eigenvalue weighted by Gasteiger charge is -2.38. The molecule has 0 atom stereocenters. The predicted octanol–water partition coefficient (Wildman–Crippen LogP) is 0.124. The van der Waals surface area contributed by atoms with Crippen molar-refractivity contribution in [3.8, 4) is 0 Å². The smallest absolute Gasteiger partial charge is 0.00771 e. The maximum Gasteiger partial charge on any atom is 0.00771 e. The first kappa shape index (κ1) is 22.1. The third-order valence-corrected chi connectivity index (χ3v) is 6.00. The van der Waals surface area contributed by atoms with Crippen LogP contribution in [-0.2, 0) is 0 Å². The molecule has 0 unspecified atom stereocenters. The highest BCUT2D eigenvalue weighted by atomic mass is 15.0. The van der Waals surface area contributed by atoms with Crippen molar-refractivity contribution < 1.29 is 0 Å².